The predicted molar refractivity (Wildman–Crippen MR) is 70.9 cm³/mol. The highest BCUT2D eigenvalue weighted by atomic mass is 32.2. The molecule has 1 aliphatic heterocycles. The lowest BCUT2D eigenvalue weighted by Gasteiger charge is -2.34. The molecule has 1 saturated carbocycles. The van der Waals surface area contributed by atoms with Crippen molar-refractivity contribution in [3.05, 3.63) is 0 Å². The van der Waals surface area contributed by atoms with Gasteiger partial charge in [-0.3, -0.25) is 4.79 Å². The van der Waals surface area contributed by atoms with Crippen molar-refractivity contribution in [1.82, 2.24) is 4.31 Å². The van der Waals surface area contributed by atoms with Gasteiger partial charge in [-0.05, 0) is 18.8 Å². The second kappa shape index (κ2) is 6.19. The molecule has 0 aromatic rings. The minimum absolute atomic E-state index is 0.0687. The Hall–Kier alpha value is -0.660. The zero-order valence-corrected chi connectivity index (χ0v) is 11.9. The number of nitrogens with two attached hydrogens (primary N) is 1. The molecule has 110 valence electrons. The summed E-state index contributed by atoms with van der Waals surface area (Å²) in [5.74, 6) is -0.279. The van der Waals surface area contributed by atoms with Crippen LogP contribution >= 0.6 is 0 Å². The zero-order chi connectivity index (χ0) is 13.9. The van der Waals surface area contributed by atoms with Gasteiger partial charge in [0.2, 0.25) is 15.9 Å². The van der Waals surface area contributed by atoms with Crippen LogP contribution in [0.3, 0.4) is 0 Å². The highest BCUT2D eigenvalue weighted by Gasteiger charge is 2.37. The third-order valence-electron chi connectivity index (χ3n) is 3.94. The first-order chi connectivity index (χ1) is 9.00. The van der Waals surface area contributed by atoms with E-state index in [0.29, 0.717) is 6.61 Å². The fraction of sp³-hybridized carbons (Fsp3) is 0.917. The first kappa shape index (κ1) is 14.7. The summed E-state index contributed by atoms with van der Waals surface area (Å²) in [6.07, 6.45) is 5.32. The van der Waals surface area contributed by atoms with Crippen molar-refractivity contribution in [3.63, 3.8) is 0 Å². The number of hydrogen-bond donors (Lipinski definition) is 1. The van der Waals surface area contributed by atoms with Crippen molar-refractivity contribution in [3.8, 4) is 0 Å². The van der Waals surface area contributed by atoms with E-state index in [9.17, 15) is 13.2 Å². The number of primary amides is 1. The molecule has 1 amide bonds. The fourth-order valence-electron chi connectivity index (χ4n) is 2.89. The van der Waals surface area contributed by atoms with Crippen molar-refractivity contribution >= 4 is 15.9 Å². The molecule has 1 saturated heterocycles. The summed E-state index contributed by atoms with van der Waals surface area (Å²) in [4.78, 5) is 11.3. The van der Waals surface area contributed by atoms with Crippen LogP contribution in [0.15, 0.2) is 0 Å². The Balaban J connectivity index is 2.05. The van der Waals surface area contributed by atoms with Gasteiger partial charge in [0.05, 0.1) is 19.0 Å². The number of morpholine rings is 1. The Morgan fingerprint density at radius 1 is 1.26 bits per heavy atom. The minimum Gasteiger partial charge on any atom is -0.378 e. The molecule has 1 atom stereocenters. The molecule has 1 aliphatic carbocycles. The highest BCUT2D eigenvalue weighted by molar-refractivity contribution is 7.89. The second-order valence-corrected chi connectivity index (χ2v) is 7.35. The van der Waals surface area contributed by atoms with E-state index >= 15 is 0 Å². The maximum Gasteiger partial charge on any atom is 0.238 e. The number of carbonyl (C=O) groups excluding carboxylic acids is 1. The molecule has 7 heteroatoms. The summed E-state index contributed by atoms with van der Waals surface area (Å²) in [5, 5.41) is 0. The maximum absolute atomic E-state index is 12.4. The maximum atomic E-state index is 12.4. The summed E-state index contributed by atoms with van der Waals surface area (Å²) in [7, 11) is -3.42. The molecule has 2 N–H and O–H groups in total. The van der Waals surface area contributed by atoms with Gasteiger partial charge in [-0.2, -0.15) is 4.31 Å². The average Bonchev–Trinajstić information content (AvgIpc) is 2.39. The number of carbonyl (C=O) groups is 1. The van der Waals surface area contributed by atoms with Gasteiger partial charge in [0.25, 0.3) is 0 Å². The quantitative estimate of drug-likeness (QED) is 0.794. The lowest BCUT2D eigenvalue weighted by molar-refractivity contribution is -0.125. The van der Waals surface area contributed by atoms with Crippen LogP contribution in [0.25, 0.3) is 0 Å². The van der Waals surface area contributed by atoms with E-state index in [2.05, 4.69) is 0 Å². The van der Waals surface area contributed by atoms with Crippen LogP contribution in [-0.4, -0.2) is 50.2 Å². The zero-order valence-electron chi connectivity index (χ0n) is 11.1. The predicted octanol–water partition coefficient (Wildman–Crippen LogP) is 0.0826. The SMILES string of the molecule is NC(=O)[C@@H]1COCCN1S(=O)(=O)CC1CCCCC1. The van der Waals surface area contributed by atoms with Crippen LogP contribution < -0.4 is 5.73 Å². The van der Waals surface area contributed by atoms with Crippen LogP contribution in [0.5, 0.6) is 0 Å². The molecule has 0 aromatic carbocycles. The van der Waals surface area contributed by atoms with Crippen molar-refractivity contribution in [2.24, 2.45) is 11.7 Å². The smallest absolute Gasteiger partial charge is 0.238 e. The van der Waals surface area contributed by atoms with Crippen LogP contribution in [0, 0.1) is 5.92 Å². The Kier molecular flexibility index (Phi) is 4.81. The minimum atomic E-state index is -3.42. The van der Waals surface area contributed by atoms with E-state index in [4.69, 9.17) is 10.5 Å². The van der Waals surface area contributed by atoms with Gasteiger partial charge in [0.1, 0.15) is 6.04 Å². The highest BCUT2D eigenvalue weighted by Crippen LogP contribution is 2.26. The van der Waals surface area contributed by atoms with E-state index in [1.807, 2.05) is 0 Å². The Bertz CT molecular complexity index is 417. The monoisotopic (exact) mass is 290 g/mol. The average molecular weight is 290 g/mol. The lowest BCUT2D eigenvalue weighted by Crippen LogP contribution is -2.55. The molecule has 0 bridgehead atoms. The van der Waals surface area contributed by atoms with E-state index in [-0.39, 0.29) is 24.8 Å². The second-order valence-electron chi connectivity index (χ2n) is 5.39. The number of nitrogens with zero attached hydrogens (tertiary/aromatic N) is 1. The van der Waals surface area contributed by atoms with E-state index in [0.717, 1.165) is 25.7 Å². The fourth-order valence-corrected chi connectivity index (χ4v) is 4.92. The summed E-state index contributed by atoms with van der Waals surface area (Å²) >= 11 is 0. The van der Waals surface area contributed by atoms with Gasteiger partial charge < -0.3 is 10.5 Å². The van der Waals surface area contributed by atoms with Crippen molar-refractivity contribution in [2.45, 2.75) is 38.1 Å². The van der Waals surface area contributed by atoms with Crippen molar-refractivity contribution in [1.29, 1.82) is 0 Å². The summed E-state index contributed by atoms with van der Waals surface area (Å²) < 4.78 is 31.3. The summed E-state index contributed by atoms with van der Waals surface area (Å²) in [5.41, 5.74) is 5.26. The normalized spacial score (nSPS) is 27.3. The number of amides is 1. The standard InChI is InChI=1S/C12H22N2O4S/c13-12(15)11-8-18-7-6-14(11)19(16,17)9-10-4-2-1-3-5-10/h10-11H,1-9H2,(H2,13,15)/t11-/m0/s1. The number of rotatable bonds is 4. The third-order valence-corrected chi connectivity index (χ3v) is 5.98. The van der Waals surface area contributed by atoms with Crippen molar-refractivity contribution < 1.29 is 17.9 Å². The lowest BCUT2D eigenvalue weighted by atomic mass is 9.91. The molecule has 19 heavy (non-hydrogen) atoms. The molecule has 2 rings (SSSR count). The molecule has 0 spiro atoms. The number of hydrogen-bond acceptors (Lipinski definition) is 4. The molecule has 0 aromatic heterocycles. The Morgan fingerprint density at radius 2 is 1.95 bits per heavy atom. The number of sulfonamides is 1. The summed E-state index contributed by atoms with van der Waals surface area (Å²) in [6.45, 7) is 0.621. The van der Waals surface area contributed by atoms with Gasteiger partial charge in [-0.25, -0.2) is 8.42 Å². The van der Waals surface area contributed by atoms with Gasteiger partial charge in [0.15, 0.2) is 0 Å². The Labute approximate surface area is 114 Å². The number of ether oxygens (including phenoxy) is 1. The van der Waals surface area contributed by atoms with Crippen LogP contribution in [0.1, 0.15) is 32.1 Å². The van der Waals surface area contributed by atoms with E-state index in [1.54, 1.807) is 0 Å². The largest absolute Gasteiger partial charge is 0.378 e. The van der Waals surface area contributed by atoms with Gasteiger partial charge in [-0.15, -0.1) is 0 Å². The molecule has 6 nitrogen and oxygen atoms in total. The van der Waals surface area contributed by atoms with Gasteiger partial charge >= 0.3 is 0 Å². The van der Waals surface area contributed by atoms with Crippen LogP contribution in [-0.2, 0) is 19.6 Å². The molecular formula is C12H22N2O4S. The third kappa shape index (κ3) is 3.67. The molecule has 0 unspecified atom stereocenters. The first-order valence-corrected chi connectivity index (χ1v) is 8.48. The topological polar surface area (TPSA) is 89.7 Å². The van der Waals surface area contributed by atoms with Crippen LogP contribution in [0.4, 0.5) is 0 Å². The summed E-state index contributed by atoms with van der Waals surface area (Å²) in [6, 6.07) is -0.845. The van der Waals surface area contributed by atoms with Crippen molar-refractivity contribution in [2.75, 3.05) is 25.5 Å². The molecule has 1 heterocycles. The van der Waals surface area contributed by atoms with E-state index < -0.39 is 22.0 Å². The van der Waals surface area contributed by atoms with Gasteiger partial charge in [0, 0.05) is 6.54 Å². The molecule has 2 aliphatic rings. The molecular weight excluding hydrogens is 268 g/mol. The van der Waals surface area contributed by atoms with Gasteiger partial charge in [-0.1, -0.05) is 19.3 Å². The Morgan fingerprint density at radius 3 is 2.58 bits per heavy atom. The molecule has 0 radical (unpaired) electrons. The first-order valence-electron chi connectivity index (χ1n) is 6.87. The van der Waals surface area contributed by atoms with E-state index in [1.165, 1.54) is 10.7 Å². The van der Waals surface area contributed by atoms with Crippen LogP contribution in [0.2, 0.25) is 0 Å². The molecule has 2 fully saturated rings.